The highest BCUT2D eigenvalue weighted by atomic mass is 35.5. The Bertz CT molecular complexity index is 1820. The first-order chi connectivity index (χ1) is 18.7. The van der Waals surface area contributed by atoms with Gasteiger partial charge in [-0.05, 0) is 91.5 Å². The molecule has 0 aliphatic heterocycles. The van der Waals surface area contributed by atoms with Gasteiger partial charge in [-0.2, -0.15) is 4.37 Å². The van der Waals surface area contributed by atoms with Crippen molar-refractivity contribution in [3.8, 4) is 28.1 Å². The average molecular weight is 578 g/mol. The van der Waals surface area contributed by atoms with Crippen molar-refractivity contribution in [3.63, 3.8) is 0 Å². The zero-order valence-corrected chi connectivity index (χ0v) is 23.7. The second-order valence-electron chi connectivity index (χ2n) is 9.92. The van der Waals surface area contributed by atoms with Gasteiger partial charge in [-0.1, -0.05) is 35.3 Å². The Kier molecular flexibility index (Phi) is 6.61. The molecule has 6 rings (SSSR count). The summed E-state index contributed by atoms with van der Waals surface area (Å²) >= 11 is 14.1. The first-order valence-electron chi connectivity index (χ1n) is 12.4. The molecule has 0 bridgehead atoms. The summed E-state index contributed by atoms with van der Waals surface area (Å²) in [5.41, 5.74) is 6.46. The summed E-state index contributed by atoms with van der Waals surface area (Å²) in [6.45, 7) is 5.61. The van der Waals surface area contributed by atoms with Gasteiger partial charge in [0.25, 0.3) is 5.56 Å². The van der Waals surface area contributed by atoms with Crippen LogP contribution < -0.4 is 5.56 Å². The van der Waals surface area contributed by atoms with Crippen LogP contribution in [0.4, 0.5) is 4.39 Å². The van der Waals surface area contributed by atoms with Gasteiger partial charge in [0.2, 0.25) is 0 Å². The molecule has 1 aliphatic carbocycles. The number of rotatable bonds is 5. The first kappa shape index (κ1) is 25.9. The number of pyridine rings is 3. The van der Waals surface area contributed by atoms with Crippen LogP contribution in [0.25, 0.3) is 28.1 Å². The third-order valence-corrected chi connectivity index (χ3v) is 8.64. The van der Waals surface area contributed by atoms with E-state index in [0.29, 0.717) is 27.5 Å². The molecular formula is C30H23Cl2FN4OS. The van der Waals surface area contributed by atoms with Crippen molar-refractivity contribution >= 4 is 34.7 Å². The van der Waals surface area contributed by atoms with E-state index in [4.69, 9.17) is 23.2 Å². The molecule has 4 heterocycles. The quantitative estimate of drug-likeness (QED) is 0.212. The standard InChI is InChI=1S/C30H23Cl2FN4OS/c1-15-11-35-26(21-6-4-5-20(29(21)33)25-14-39-36-17(25)3)10-27(15)37-16(2)7-24(28(32)30(37)38)23-9-22(23)18-8-19(31)13-34-12-18/h4-8,10-14,22-23H,9H2,1-3H3/t22-,23+/m1/s1. The van der Waals surface area contributed by atoms with Crippen molar-refractivity contribution < 1.29 is 4.39 Å². The molecule has 0 spiro atoms. The maximum atomic E-state index is 15.7. The third-order valence-electron chi connectivity index (χ3n) is 7.34. The molecule has 39 heavy (non-hydrogen) atoms. The molecule has 1 aliphatic rings. The fraction of sp³-hybridized carbons (Fsp3) is 0.200. The smallest absolute Gasteiger partial charge is 0.274 e. The van der Waals surface area contributed by atoms with Crippen molar-refractivity contribution in [1.29, 1.82) is 0 Å². The monoisotopic (exact) mass is 576 g/mol. The first-order valence-corrected chi connectivity index (χ1v) is 14.0. The number of nitrogens with zero attached hydrogens (tertiary/aromatic N) is 4. The molecule has 0 unspecified atom stereocenters. The van der Waals surface area contributed by atoms with Crippen LogP contribution in [0.3, 0.4) is 0 Å². The molecule has 0 saturated heterocycles. The van der Waals surface area contributed by atoms with Crippen LogP contribution in [0.1, 0.15) is 46.3 Å². The minimum absolute atomic E-state index is 0.125. The molecule has 1 saturated carbocycles. The molecule has 0 radical (unpaired) electrons. The highest BCUT2D eigenvalue weighted by Gasteiger charge is 2.42. The SMILES string of the molecule is Cc1cnc(-c2cccc(-c3csnc3C)c2F)cc1-n1c(C)cc([C@H]2C[C@@H]2c2cncc(Cl)c2)c(Cl)c1=O. The predicted molar refractivity (Wildman–Crippen MR) is 155 cm³/mol. The molecule has 4 aromatic heterocycles. The fourth-order valence-electron chi connectivity index (χ4n) is 5.23. The van der Waals surface area contributed by atoms with Crippen LogP contribution in [0.2, 0.25) is 10.0 Å². The van der Waals surface area contributed by atoms with Crippen LogP contribution in [-0.2, 0) is 0 Å². The second-order valence-corrected chi connectivity index (χ2v) is 11.4. The molecule has 9 heteroatoms. The minimum atomic E-state index is -0.379. The summed E-state index contributed by atoms with van der Waals surface area (Å²) in [6, 6.07) is 10.9. The lowest BCUT2D eigenvalue weighted by molar-refractivity contribution is 0.634. The molecule has 2 atom stereocenters. The number of aryl methyl sites for hydroxylation is 3. The zero-order valence-electron chi connectivity index (χ0n) is 21.4. The van der Waals surface area contributed by atoms with Gasteiger partial charge in [0.15, 0.2) is 0 Å². The van der Waals surface area contributed by atoms with Gasteiger partial charge in [0, 0.05) is 46.4 Å². The van der Waals surface area contributed by atoms with Crippen LogP contribution >= 0.6 is 34.7 Å². The molecular weight excluding hydrogens is 554 g/mol. The van der Waals surface area contributed by atoms with Crippen molar-refractivity contribution in [2.24, 2.45) is 0 Å². The second kappa shape index (κ2) is 9.97. The van der Waals surface area contributed by atoms with E-state index >= 15 is 4.39 Å². The van der Waals surface area contributed by atoms with E-state index < -0.39 is 0 Å². The van der Waals surface area contributed by atoms with E-state index in [1.54, 1.807) is 41.2 Å². The van der Waals surface area contributed by atoms with Crippen LogP contribution in [0, 0.1) is 26.6 Å². The topological polar surface area (TPSA) is 60.7 Å². The number of hydrogen-bond acceptors (Lipinski definition) is 5. The zero-order chi connectivity index (χ0) is 27.4. The summed E-state index contributed by atoms with van der Waals surface area (Å²) in [4.78, 5) is 22.4. The molecule has 5 aromatic rings. The highest BCUT2D eigenvalue weighted by molar-refractivity contribution is 7.04. The number of aromatic nitrogens is 4. The normalized spacial score (nSPS) is 16.5. The van der Waals surface area contributed by atoms with E-state index in [9.17, 15) is 4.79 Å². The highest BCUT2D eigenvalue weighted by Crippen LogP contribution is 2.56. The lowest BCUT2D eigenvalue weighted by atomic mass is 10.0. The fourth-order valence-corrected chi connectivity index (χ4v) is 6.41. The minimum Gasteiger partial charge on any atom is -0.280 e. The van der Waals surface area contributed by atoms with Crippen molar-refractivity contribution in [3.05, 3.63) is 115 Å². The van der Waals surface area contributed by atoms with E-state index in [1.165, 1.54) is 11.5 Å². The van der Waals surface area contributed by atoms with Crippen LogP contribution in [0.15, 0.2) is 65.2 Å². The van der Waals surface area contributed by atoms with E-state index in [0.717, 1.165) is 40.1 Å². The van der Waals surface area contributed by atoms with E-state index in [2.05, 4.69) is 14.3 Å². The Morgan fingerprint density at radius 1 is 1.00 bits per heavy atom. The van der Waals surface area contributed by atoms with Gasteiger partial charge in [-0.15, -0.1) is 0 Å². The van der Waals surface area contributed by atoms with Gasteiger partial charge in [0.05, 0.1) is 22.1 Å². The van der Waals surface area contributed by atoms with Gasteiger partial charge < -0.3 is 0 Å². The maximum absolute atomic E-state index is 15.7. The van der Waals surface area contributed by atoms with Gasteiger partial charge in [0.1, 0.15) is 10.8 Å². The summed E-state index contributed by atoms with van der Waals surface area (Å²) in [6.07, 6.45) is 5.95. The molecule has 1 fully saturated rings. The van der Waals surface area contributed by atoms with Crippen LogP contribution in [-0.4, -0.2) is 18.9 Å². The van der Waals surface area contributed by atoms with Crippen LogP contribution in [0.5, 0.6) is 0 Å². The Morgan fingerprint density at radius 3 is 2.54 bits per heavy atom. The summed E-state index contributed by atoms with van der Waals surface area (Å²) in [5.74, 6) is -0.0365. The Hall–Kier alpha value is -3.39. The van der Waals surface area contributed by atoms with Crippen molar-refractivity contribution in [2.75, 3.05) is 0 Å². The van der Waals surface area contributed by atoms with E-state index in [-0.39, 0.29) is 28.2 Å². The lowest BCUT2D eigenvalue weighted by Crippen LogP contribution is -2.23. The molecule has 1 aromatic carbocycles. The number of benzene rings is 1. The van der Waals surface area contributed by atoms with Crippen molar-refractivity contribution in [2.45, 2.75) is 39.0 Å². The van der Waals surface area contributed by atoms with Gasteiger partial charge >= 0.3 is 0 Å². The Balaban J connectivity index is 1.40. The van der Waals surface area contributed by atoms with Gasteiger partial charge in [-0.25, -0.2) is 4.39 Å². The summed E-state index contributed by atoms with van der Waals surface area (Å²) in [7, 11) is 0. The molecule has 0 amide bonds. The Labute approximate surface area is 239 Å². The molecule has 196 valence electrons. The number of halogens is 3. The largest absolute Gasteiger partial charge is 0.280 e. The molecule has 0 N–H and O–H groups in total. The van der Waals surface area contributed by atoms with Crippen molar-refractivity contribution in [1.82, 2.24) is 18.9 Å². The Morgan fingerprint density at radius 2 is 1.79 bits per heavy atom. The lowest BCUT2D eigenvalue weighted by Gasteiger charge is -2.17. The summed E-state index contributed by atoms with van der Waals surface area (Å²) in [5, 5.41) is 2.61. The van der Waals surface area contributed by atoms with Gasteiger partial charge in [-0.3, -0.25) is 19.3 Å². The molecule has 5 nitrogen and oxygen atoms in total. The average Bonchev–Trinajstić information content (AvgIpc) is 3.60. The number of hydrogen-bond donors (Lipinski definition) is 0. The summed E-state index contributed by atoms with van der Waals surface area (Å²) < 4.78 is 21.6. The predicted octanol–water partition coefficient (Wildman–Crippen LogP) is 8.06. The maximum Gasteiger partial charge on any atom is 0.274 e. The third kappa shape index (κ3) is 4.58. The van der Waals surface area contributed by atoms with E-state index in [1.807, 2.05) is 44.5 Å².